The summed E-state index contributed by atoms with van der Waals surface area (Å²) in [4.78, 5) is 2.35. The number of amidine groups is 1. The summed E-state index contributed by atoms with van der Waals surface area (Å²) in [5.74, 6) is 0.158. The van der Waals surface area contributed by atoms with Crippen LogP contribution < -0.4 is 10.6 Å². The maximum Gasteiger partial charge on any atom is 0.170 e. The number of oxime groups is 1. The first-order chi connectivity index (χ1) is 8.51. The fourth-order valence-electron chi connectivity index (χ4n) is 2.09. The van der Waals surface area contributed by atoms with Gasteiger partial charge in [-0.15, -0.1) is 0 Å². The van der Waals surface area contributed by atoms with Crippen LogP contribution in [0.3, 0.4) is 0 Å². The van der Waals surface area contributed by atoms with Gasteiger partial charge in [0.25, 0.3) is 0 Å². The summed E-state index contributed by atoms with van der Waals surface area (Å²) < 4.78 is 0. The topological polar surface area (TPSA) is 61.8 Å². The van der Waals surface area contributed by atoms with E-state index in [9.17, 15) is 0 Å². The van der Waals surface area contributed by atoms with Gasteiger partial charge in [0.1, 0.15) is 0 Å². The number of aryl methyl sites for hydroxylation is 1. The number of nitrogens with two attached hydrogens (primary N) is 1. The Hall–Kier alpha value is -1.71. The fraction of sp³-hybridized carbons (Fsp3) is 0.500. The minimum atomic E-state index is 0.158. The number of nitrogens with zero attached hydrogens (tertiary/aromatic N) is 2. The molecule has 0 saturated heterocycles. The third kappa shape index (κ3) is 3.15. The van der Waals surface area contributed by atoms with Gasteiger partial charge in [0, 0.05) is 23.8 Å². The standard InChI is InChI=1S/C14H23N3O/c1-5-8-17(10(2)3)12-6-7-13(11(4)9-12)14(15)16-18/h6-7,9-10,18H,5,8H2,1-4H3,(H2,15,16). The molecule has 0 spiro atoms. The molecule has 0 fully saturated rings. The van der Waals surface area contributed by atoms with Gasteiger partial charge in [0.2, 0.25) is 0 Å². The largest absolute Gasteiger partial charge is 0.409 e. The summed E-state index contributed by atoms with van der Waals surface area (Å²) in [5, 5.41) is 11.8. The second-order valence-corrected chi connectivity index (χ2v) is 4.77. The molecule has 1 aromatic rings. The second-order valence-electron chi connectivity index (χ2n) is 4.77. The van der Waals surface area contributed by atoms with Crippen molar-refractivity contribution in [2.75, 3.05) is 11.4 Å². The molecule has 1 rings (SSSR count). The van der Waals surface area contributed by atoms with Crippen molar-refractivity contribution in [1.82, 2.24) is 0 Å². The maximum atomic E-state index is 8.72. The van der Waals surface area contributed by atoms with Gasteiger partial charge in [0.15, 0.2) is 5.84 Å². The van der Waals surface area contributed by atoms with Gasteiger partial charge in [-0.3, -0.25) is 0 Å². The second kappa shape index (κ2) is 6.28. The highest BCUT2D eigenvalue weighted by Gasteiger charge is 2.11. The first-order valence-electron chi connectivity index (χ1n) is 6.36. The normalized spacial score (nSPS) is 11.9. The molecular formula is C14H23N3O. The van der Waals surface area contributed by atoms with E-state index >= 15 is 0 Å². The molecule has 0 heterocycles. The molecule has 18 heavy (non-hydrogen) atoms. The molecule has 0 amide bonds. The summed E-state index contributed by atoms with van der Waals surface area (Å²) >= 11 is 0. The summed E-state index contributed by atoms with van der Waals surface area (Å²) in [6.07, 6.45) is 1.11. The monoisotopic (exact) mass is 249 g/mol. The van der Waals surface area contributed by atoms with E-state index in [1.165, 1.54) is 5.69 Å². The van der Waals surface area contributed by atoms with Crippen LogP contribution in [0.2, 0.25) is 0 Å². The molecule has 0 atom stereocenters. The lowest BCUT2D eigenvalue weighted by Gasteiger charge is -2.29. The molecule has 0 aromatic heterocycles. The molecule has 0 saturated carbocycles. The molecule has 4 nitrogen and oxygen atoms in total. The minimum Gasteiger partial charge on any atom is -0.409 e. The Balaban J connectivity index is 3.09. The number of hydrogen-bond donors (Lipinski definition) is 2. The predicted molar refractivity (Wildman–Crippen MR) is 76.5 cm³/mol. The van der Waals surface area contributed by atoms with Crippen molar-refractivity contribution in [3.63, 3.8) is 0 Å². The van der Waals surface area contributed by atoms with Gasteiger partial charge in [-0.2, -0.15) is 0 Å². The molecule has 0 aliphatic rings. The molecule has 1 aromatic carbocycles. The Morgan fingerprint density at radius 1 is 1.44 bits per heavy atom. The van der Waals surface area contributed by atoms with Crippen molar-refractivity contribution >= 4 is 11.5 Å². The van der Waals surface area contributed by atoms with Crippen molar-refractivity contribution in [3.8, 4) is 0 Å². The average molecular weight is 249 g/mol. The Bertz CT molecular complexity index is 427. The molecule has 0 aliphatic carbocycles. The van der Waals surface area contributed by atoms with E-state index in [1.807, 2.05) is 19.1 Å². The zero-order valence-corrected chi connectivity index (χ0v) is 11.6. The lowest BCUT2D eigenvalue weighted by molar-refractivity contribution is 0.318. The first-order valence-corrected chi connectivity index (χ1v) is 6.36. The molecule has 0 aliphatic heterocycles. The third-order valence-corrected chi connectivity index (χ3v) is 3.01. The molecule has 100 valence electrons. The fourth-order valence-corrected chi connectivity index (χ4v) is 2.09. The van der Waals surface area contributed by atoms with Gasteiger partial charge in [-0.25, -0.2) is 0 Å². The molecule has 3 N–H and O–H groups in total. The van der Waals surface area contributed by atoms with E-state index in [4.69, 9.17) is 10.9 Å². The summed E-state index contributed by atoms with van der Waals surface area (Å²) in [5.41, 5.74) is 8.60. The van der Waals surface area contributed by atoms with Gasteiger partial charge < -0.3 is 15.8 Å². The maximum absolute atomic E-state index is 8.72. The van der Waals surface area contributed by atoms with E-state index in [1.54, 1.807) is 0 Å². The molecule has 0 bridgehead atoms. The summed E-state index contributed by atoms with van der Waals surface area (Å²) in [7, 11) is 0. The van der Waals surface area contributed by atoms with Crippen LogP contribution in [0.5, 0.6) is 0 Å². The van der Waals surface area contributed by atoms with E-state index < -0.39 is 0 Å². The Kier molecular flexibility index (Phi) is 5.01. The van der Waals surface area contributed by atoms with Crippen molar-refractivity contribution < 1.29 is 5.21 Å². The highest BCUT2D eigenvalue weighted by Crippen LogP contribution is 2.21. The molecule has 0 unspecified atom stereocenters. The van der Waals surface area contributed by atoms with Crippen molar-refractivity contribution in [3.05, 3.63) is 29.3 Å². The Morgan fingerprint density at radius 3 is 2.56 bits per heavy atom. The van der Waals surface area contributed by atoms with Gasteiger partial charge in [-0.1, -0.05) is 12.1 Å². The average Bonchev–Trinajstić information content (AvgIpc) is 2.34. The van der Waals surface area contributed by atoms with E-state index in [0.717, 1.165) is 24.1 Å². The van der Waals surface area contributed by atoms with Gasteiger partial charge >= 0.3 is 0 Å². The summed E-state index contributed by atoms with van der Waals surface area (Å²) in [6.45, 7) is 9.54. The quantitative estimate of drug-likeness (QED) is 0.365. The molecule has 0 radical (unpaired) electrons. The molecular weight excluding hydrogens is 226 g/mol. The van der Waals surface area contributed by atoms with E-state index in [-0.39, 0.29) is 5.84 Å². The number of benzene rings is 1. The van der Waals surface area contributed by atoms with Crippen LogP contribution in [-0.4, -0.2) is 23.6 Å². The van der Waals surface area contributed by atoms with Crippen LogP contribution in [0, 0.1) is 6.92 Å². The van der Waals surface area contributed by atoms with Crippen molar-refractivity contribution in [2.45, 2.75) is 40.2 Å². The Morgan fingerprint density at radius 2 is 2.11 bits per heavy atom. The van der Waals surface area contributed by atoms with Crippen LogP contribution >= 0.6 is 0 Å². The zero-order chi connectivity index (χ0) is 13.7. The lowest BCUT2D eigenvalue weighted by Crippen LogP contribution is -2.31. The van der Waals surface area contributed by atoms with Gasteiger partial charge in [-0.05, 0) is 51.0 Å². The van der Waals surface area contributed by atoms with Crippen molar-refractivity contribution in [2.24, 2.45) is 10.9 Å². The van der Waals surface area contributed by atoms with E-state index in [2.05, 4.69) is 36.9 Å². The van der Waals surface area contributed by atoms with Crippen LogP contribution in [0.1, 0.15) is 38.3 Å². The van der Waals surface area contributed by atoms with Crippen LogP contribution in [0.15, 0.2) is 23.4 Å². The van der Waals surface area contributed by atoms with E-state index in [0.29, 0.717) is 6.04 Å². The SMILES string of the molecule is CCCN(c1ccc(/C(N)=N/O)c(C)c1)C(C)C. The van der Waals surface area contributed by atoms with Crippen LogP contribution in [0.4, 0.5) is 5.69 Å². The Labute approximate surface area is 109 Å². The van der Waals surface area contributed by atoms with Gasteiger partial charge in [0.05, 0.1) is 0 Å². The third-order valence-electron chi connectivity index (χ3n) is 3.01. The zero-order valence-electron chi connectivity index (χ0n) is 11.6. The predicted octanol–water partition coefficient (Wildman–Crippen LogP) is 2.71. The highest BCUT2D eigenvalue weighted by molar-refractivity contribution is 5.98. The minimum absolute atomic E-state index is 0.158. The number of anilines is 1. The smallest absolute Gasteiger partial charge is 0.170 e. The lowest BCUT2D eigenvalue weighted by atomic mass is 10.1. The molecule has 4 heteroatoms. The highest BCUT2D eigenvalue weighted by atomic mass is 16.4. The number of rotatable bonds is 5. The van der Waals surface area contributed by atoms with Crippen LogP contribution in [-0.2, 0) is 0 Å². The number of hydrogen-bond acceptors (Lipinski definition) is 3. The van der Waals surface area contributed by atoms with Crippen LogP contribution in [0.25, 0.3) is 0 Å². The first kappa shape index (κ1) is 14.4. The van der Waals surface area contributed by atoms with Crippen molar-refractivity contribution in [1.29, 1.82) is 0 Å². The summed E-state index contributed by atoms with van der Waals surface area (Å²) in [6, 6.07) is 6.48.